The van der Waals surface area contributed by atoms with Crippen molar-refractivity contribution >= 4 is 23.4 Å². The summed E-state index contributed by atoms with van der Waals surface area (Å²) in [6, 6.07) is 4.40. The van der Waals surface area contributed by atoms with Crippen LogP contribution in [0, 0.1) is 17.0 Å². The maximum Gasteiger partial charge on any atom is 0.276 e. The molecule has 1 heterocycles. The molecule has 0 bridgehead atoms. The van der Waals surface area contributed by atoms with E-state index in [-0.39, 0.29) is 17.8 Å². The molecule has 0 unspecified atom stereocenters. The summed E-state index contributed by atoms with van der Waals surface area (Å²) in [4.78, 5) is 24.3. The normalized spacial score (nSPS) is 11.0. The van der Waals surface area contributed by atoms with E-state index in [9.17, 15) is 14.9 Å². The number of nitro benzene ring substituents is 1. The summed E-state index contributed by atoms with van der Waals surface area (Å²) in [6.45, 7) is 9.09. The smallest absolute Gasteiger partial charge is 0.276 e. The molecule has 0 aliphatic carbocycles. The average Bonchev–Trinajstić information content (AvgIpc) is 3.11. The van der Waals surface area contributed by atoms with Crippen LogP contribution in [0.2, 0.25) is 0 Å². The number of rotatable bonds is 10. The van der Waals surface area contributed by atoms with Crippen LogP contribution in [0.25, 0.3) is 0 Å². The van der Waals surface area contributed by atoms with Crippen LogP contribution in [0.1, 0.15) is 35.7 Å². The summed E-state index contributed by atoms with van der Waals surface area (Å²) < 4.78 is 5.52. The minimum Gasteiger partial charge on any atom is -0.414 e. The Morgan fingerprint density at radius 3 is 2.74 bits per heavy atom. The number of amides is 1. The van der Waals surface area contributed by atoms with Crippen LogP contribution in [0.4, 0.5) is 5.69 Å². The first-order valence-electron chi connectivity index (χ1n) is 8.77. The summed E-state index contributed by atoms with van der Waals surface area (Å²) in [6.07, 6.45) is 0. The quantitative estimate of drug-likeness (QED) is 0.354. The van der Waals surface area contributed by atoms with Crippen molar-refractivity contribution in [2.45, 2.75) is 32.5 Å². The third-order valence-corrected chi connectivity index (χ3v) is 5.10. The van der Waals surface area contributed by atoms with Crippen LogP contribution in [-0.2, 0) is 6.54 Å². The molecule has 0 fully saturated rings. The van der Waals surface area contributed by atoms with Gasteiger partial charge >= 0.3 is 0 Å². The van der Waals surface area contributed by atoms with Crippen molar-refractivity contribution in [2.24, 2.45) is 0 Å². The Kier molecular flexibility index (Phi) is 7.74. The van der Waals surface area contributed by atoms with Crippen molar-refractivity contribution in [1.82, 2.24) is 15.5 Å². The highest BCUT2D eigenvalue weighted by atomic mass is 32.2. The number of nitrogens with one attached hydrogen (secondary N) is 2. The van der Waals surface area contributed by atoms with Crippen molar-refractivity contribution < 1.29 is 19.0 Å². The van der Waals surface area contributed by atoms with E-state index in [0.717, 1.165) is 25.4 Å². The summed E-state index contributed by atoms with van der Waals surface area (Å²) in [5.74, 6) is 0.746. The van der Waals surface area contributed by atoms with Gasteiger partial charge in [-0.25, -0.2) is 0 Å². The van der Waals surface area contributed by atoms with Gasteiger partial charge in [-0.1, -0.05) is 17.8 Å². The van der Waals surface area contributed by atoms with Crippen molar-refractivity contribution in [3.8, 4) is 0 Å². The lowest BCUT2D eigenvalue weighted by Crippen LogP contribution is -3.11. The Bertz CT molecular complexity index is 791. The number of nitrogens with zero attached hydrogens (tertiary/aromatic N) is 3. The molecule has 2 aromatic rings. The molecule has 0 spiro atoms. The van der Waals surface area contributed by atoms with Crippen molar-refractivity contribution in [3.63, 3.8) is 0 Å². The van der Waals surface area contributed by atoms with E-state index >= 15 is 0 Å². The fraction of sp³-hybridized carbons (Fsp3) is 0.471. The molecule has 1 aromatic carbocycles. The van der Waals surface area contributed by atoms with Crippen LogP contribution < -0.4 is 10.2 Å². The van der Waals surface area contributed by atoms with Gasteiger partial charge in [0.1, 0.15) is 0 Å². The Morgan fingerprint density at radius 2 is 2.07 bits per heavy atom. The highest BCUT2D eigenvalue weighted by Crippen LogP contribution is 2.21. The second-order valence-corrected chi connectivity index (χ2v) is 6.95. The number of carbonyl (C=O) groups is 1. The van der Waals surface area contributed by atoms with Gasteiger partial charge in [0, 0.05) is 17.2 Å². The van der Waals surface area contributed by atoms with Crippen LogP contribution >= 0.6 is 11.8 Å². The number of carbonyl (C=O) groups excluding carboxylic acids is 1. The van der Waals surface area contributed by atoms with Crippen LogP contribution in [0.5, 0.6) is 0 Å². The predicted molar refractivity (Wildman–Crippen MR) is 101 cm³/mol. The Labute approximate surface area is 161 Å². The van der Waals surface area contributed by atoms with E-state index in [0.29, 0.717) is 16.7 Å². The SMILES string of the molecule is CC[NH+](CC)CCSc1nnc(CNC(=O)c2cccc([N+](=O)[O-])c2C)o1. The zero-order valence-corrected chi connectivity index (χ0v) is 16.5. The lowest BCUT2D eigenvalue weighted by atomic mass is 10.1. The zero-order valence-electron chi connectivity index (χ0n) is 15.7. The molecule has 146 valence electrons. The van der Waals surface area contributed by atoms with Gasteiger partial charge in [-0.2, -0.15) is 0 Å². The summed E-state index contributed by atoms with van der Waals surface area (Å²) in [5, 5.41) is 22.0. The minimum absolute atomic E-state index is 0.0653. The number of thioether (sulfide) groups is 1. The fourth-order valence-electron chi connectivity index (χ4n) is 2.57. The molecule has 0 saturated heterocycles. The average molecular weight is 394 g/mol. The van der Waals surface area contributed by atoms with Gasteiger partial charge < -0.3 is 14.6 Å². The van der Waals surface area contributed by atoms with E-state index in [2.05, 4.69) is 29.4 Å². The molecule has 27 heavy (non-hydrogen) atoms. The first-order valence-corrected chi connectivity index (χ1v) is 9.75. The Morgan fingerprint density at radius 1 is 1.33 bits per heavy atom. The molecule has 0 aliphatic heterocycles. The maximum atomic E-state index is 12.3. The molecule has 9 nitrogen and oxygen atoms in total. The van der Waals surface area contributed by atoms with Gasteiger partial charge in [0.2, 0.25) is 5.89 Å². The van der Waals surface area contributed by atoms with E-state index in [1.54, 1.807) is 13.0 Å². The second kappa shape index (κ2) is 10.0. The molecule has 0 atom stereocenters. The molecule has 10 heteroatoms. The van der Waals surface area contributed by atoms with Crippen LogP contribution in [0.3, 0.4) is 0 Å². The minimum atomic E-state index is -0.506. The standard InChI is InChI=1S/C17H23N5O4S/c1-4-21(5-2)9-10-27-17-20-19-15(26-17)11-18-16(23)13-7-6-8-14(12(13)3)22(24)25/h6-8H,4-5,9-11H2,1-3H3,(H,18,23)/p+1. The Hall–Kier alpha value is -2.46. The molecular weight excluding hydrogens is 370 g/mol. The molecule has 2 rings (SSSR count). The third kappa shape index (κ3) is 5.76. The Balaban J connectivity index is 1.89. The molecular formula is C17H24N5O4S+. The third-order valence-electron chi connectivity index (χ3n) is 4.28. The van der Waals surface area contributed by atoms with Crippen molar-refractivity contribution in [1.29, 1.82) is 0 Å². The topological polar surface area (TPSA) is 116 Å². The highest BCUT2D eigenvalue weighted by Gasteiger charge is 2.18. The van der Waals surface area contributed by atoms with Gasteiger partial charge in [-0.15, -0.1) is 10.2 Å². The number of nitro groups is 1. The van der Waals surface area contributed by atoms with Crippen molar-refractivity contribution in [2.75, 3.05) is 25.4 Å². The van der Waals surface area contributed by atoms with Gasteiger partial charge in [-0.3, -0.25) is 14.9 Å². The van der Waals surface area contributed by atoms with Crippen LogP contribution in [-0.4, -0.2) is 46.4 Å². The van der Waals surface area contributed by atoms with Gasteiger partial charge in [0.25, 0.3) is 16.8 Å². The lowest BCUT2D eigenvalue weighted by molar-refractivity contribution is -0.893. The molecule has 0 radical (unpaired) electrons. The maximum absolute atomic E-state index is 12.3. The molecule has 2 N–H and O–H groups in total. The van der Waals surface area contributed by atoms with Crippen LogP contribution in [0.15, 0.2) is 27.8 Å². The highest BCUT2D eigenvalue weighted by molar-refractivity contribution is 7.99. The van der Waals surface area contributed by atoms with E-state index in [1.807, 2.05) is 0 Å². The largest absolute Gasteiger partial charge is 0.414 e. The molecule has 1 amide bonds. The van der Waals surface area contributed by atoms with E-state index in [1.165, 1.54) is 28.8 Å². The summed E-state index contributed by atoms with van der Waals surface area (Å²) in [7, 11) is 0. The van der Waals surface area contributed by atoms with Crippen molar-refractivity contribution in [3.05, 3.63) is 45.3 Å². The molecule has 1 aromatic heterocycles. The number of aromatic nitrogens is 2. The molecule has 0 aliphatic rings. The summed E-state index contributed by atoms with van der Waals surface area (Å²) in [5.41, 5.74) is 0.482. The number of hydrogen-bond donors (Lipinski definition) is 2. The van der Waals surface area contributed by atoms with Gasteiger partial charge in [0.15, 0.2) is 0 Å². The second-order valence-electron chi connectivity index (χ2n) is 5.91. The monoisotopic (exact) mass is 394 g/mol. The molecule has 0 saturated carbocycles. The lowest BCUT2D eigenvalue weighted by Gasteiger charge is -2.13. The van der Waals surface area contributed by atoms with E-state index in [4.69, 9.17) is 4.42 Å². The number of benzene rings is 1. The summed E-state index contributed by atoms with van der Waals surface area (Å²) >= 11 is 1.49. The first kappa shape index (κ1) is 20.8. The fourth-order valence-corrected chi connectivity index (χ4v) is 3.39. The predicted octanol–water partition coefficient (Wildman–Crippen LogP) is 1.23. The van der Waals surface area contributed by atoms with Gasteiger partial charge in [0.05, 0.1) is 36.9 Å². The number of quaternary nitrogens is 1. The van der Waals surface area contributed by atoms with E-state index < -0.39 is 10.8 Å². The first-order chi connectivity index (χ1) is 13.0. The zero-order chi connectivity index (χ0) is 19.8. The van der Waals surface area contributed by atoms with Gasteiger partial charge in [-0.05, 0) is 26.8 Å². The number of hydrogen-bond acceptors (Lipinski definition) is 7.